The van der Waals surface area contributed by atoms with Gasteiger partial charge in [-0.2, -0.15) is 0 Å². The molecule has 2 nitrogen and oxygen atoms in total. The Bertz CT molecular complexity index is 74.8. The average molecular weight is 135 g/mol. The summed E-state index contributed by atoms with van der Waals surface area (Å²) in [6, 6.07) is 0. The minimum Gasteiger partial charge on any atom is -0.319 e. The smallest absolute Gasteiger partial charge is 0.0359 e. The first-order valence-corrected chi connectivity index (χ1v) is 4.29. The predicted molar refractivity (Wildman–Crippen MR) is 37.5 cm³/mol. The van der Waals surface area contributed by atoms with Gasteiger partial charge in [0.2, 0.25) is 0 Å². The highest BCUT2D eigenvalue weighted by Crippen LogP contribution is 1.76. The van der Waals surface area contributed by atoms with Gasteiger partial charge < -0.3 is 5.32 Å². The van der Waals surface area contributed by atoms with Crippen LogP contribution in [0.4, 0.5) is 0 Å². The zero-order valence-corrected chi connectivity index (χ0v) is 6.25. The van der Waals surface area contributed by atoms with Gasteiger partial charge in [-0.15, -0.1) is 0 Å². The van der Waals surface area contributed by atoms with Crippen LogP contribution in [0.25, 0.3) is 0 Å². The van der Waals surface area contributed by atoms with Gasteiger partial charge in [0.05, 0.1) is 0 Å². The summed E-state index contributed by atoms with van der Waals surface area (Å²) in [5, 5.41) is 2.94. The molecule has 0 aromatic heterocycles. The van der Waals surface area contributed by atoms with Crippen molar-refractivity contribution in [2.75, 3.05) is 25.1 Å². The summed E-state index contributed by atoms with van der Waals surface area (Å²) in [4.78, 5) is 0. The molecule has 50 valence electrons. The number of nitrogens with one attached hydrogen (secondary N) is 1. The lowest BCUT2D eigenvalue weighted by Gasteiger charge is -1.94. The Balaban J connectivity index is 2.99. The molecular formula is C5H13NOS. The standard InChI is InChI=1S/C5H13NOS/c1-3-8(7)5-4-6-2/h6H,3-5H2,1-2H3/t8-/m1/s1. The van der Waals surface area contributed by atoms with Crippen LogP contribution in [-0.2, 0) is 10.8 Å². The van der Waals surface area contributed by atoms with Crippen LogP contribution in [0.5, 0.6) is 0 Å². The third-order valence-electron chi connectivity index (χ3n) is 0.902. The number of hydrogen-bond donors (Lipinski definition) is 1. The first kappa shape index (κ1) is 8.11. The van der Waals surface area contributed by atoms with E-state index in [9.17, 15) is 4.21 Å². The highest BCUT2D eigenvalue weighted by molar-refractivity contribution is 7.84. The minimum absolute atomic E-state index is 0.589. The Labute approximate surface area is 53.1 Å². The molecule has 1 N–H and O–H groups in total. The molecule has 8 heavy (non-hydrogen) atoms. The van der Waals surface area contributed by atoms with Crippen LogP contribution < -0.4 is 5.32 Å². The molecule has 0 aromatic carbocycles. The van der Waals surface area contributed by atoms with E-state index in [2.05, 4.69) is 5.32 Å². The zero-order valence-electron chi connectivity index (χ0n) is 5.44. The van der Waals surface area contributed by atoms with Gasteiger partial charge >= 0.3 is 0 Å². The zero-order chi connectivity index (χ0) is 6.41. The molecule has 0 heterocycles. The highest BCUT2D eigenvalue weighted by atomic mass is 32.2. The average Bonchev–Trinajstić information content (AvgIpc) is 1.83. The molecule has 0 aliphatic heterocycles. The molecule has 0 aliphatic rings. The van der Waals surface area contributed by atoms with E-state index in [1.54, 1.807) is 0 Å². The van der Waals surface area contributed by atoms with Gasteiger partial charge in [-0.1, -0.05) is 6.92 Å². The van der Waals surface area contributed by atoms with Gasteiger partial charge in [0.25, 0.3) is 0 Å². The van der Waals surface area contributed by atoms with Crippen molar-refractivity contribution in [3.63, 3.8) is 0 Å². The van der Waals surface area contributed by atoms with Crippen molar-refractivity contribution >= 4 is 10.8 Å². The molecule has 0 rings (SSSR count). The van der Waals surface area contributed by atoms with Gasteiger partial charge in [0, 0.05) is 28.9 Å². The fraction of sp³-hybridized carbons (Fsp3) is 1.00. The van der Waals surface area contributed by atoms with Crippen LogP contribution >= 0.6 is 0 Å². The van der Waals surface area contributed by atoms with E-state index in [1.165, 1.54) is 0 Å². The Kier molecular flexibility index (Phi) is 5.32. The fourth-order valence-corrected chi connectivity index (χ4v) is 1.08. The first-order chi connectivity index (χ1) is 3.81. The van der Waals surface area contributed by atoms with Crippen LogP contribution in [0, 0.1) is 0 Å². The van der Waals surface area contributed by atoms with Crippen molar-refractivity contribution < 1.29 is 4.21 Å². The van der Waals surface area contributed by atoms with Crippen molar-refractivity contribution in [3.05, 3.63) is 0 Å². The summed E-state index contributed by atoms with van der Waals surface area (Å²) >= 11 is 0. The van der Waals surface area contributed by atoms with E-state index in [0.29, 0.717) is 0 Å². The molecule has 0 radical (unpaired) electrons. The number of hydrogen-bond acceptors (Lipinski definition) is 2. The largest absolute Gasteiger partial charge is 0.319 e. The molecule has 1 atom stereocenters. The van der Waals surface area contributed by atoms with Crippen molar-refractivity contribution in [1.82, 2.24) is 5.32 Å². The maximum Gasteiger partial charge on any atom is 0.0359 e. The SMILES string of the molecule is CC[S@@](=O)CCNC. The summed E-state index contributed by atoms with van der Waals surface area (Å²) in [5.41, 5.74) is 0. The molecule has 0 bridgehead atoms. The molecule has 0 saturated heterocycles. The molecule has 0 unspecified atom stereocenters. The Hall–Kier alpha value is 0.110. The summed E-state index contributed by atoms with van der Waals surface area (Å²) in [5.74, 6) is 1.56. The topological polar surface area (TPSA) is 29.1 Å². The van der Waals surface area contributed by atoms with Crippen LogP contribution in [0.2, 0.25) is 0 Å². The van der Waals surface area contributed by atoms with Gasteiger partial charge in [0.15, 0.2) is 0 Å². The fourth-order valence-electron chi connectivity index (χ4n) is 0.360. The van der Waals surface area contributed by atoms with E-state index in [-0.39, 0.29) is 0 Å². The van der Waals surface area contributed by atoms with Crippen LogP contribution in [0.3, 0.4) is 0 Å². The molecule has 0 saturated carbocycles. The Morgan fingerprint density at radius 3 is 2.62 bits per heavy atom. The summed E-state index contributed by atoms with van der Waals surface area (Å²) in [6.45, 7) is 2.80. The molecule has 0 amide bonds. The van der Waals surface area contributed by atoms with E-state index < -0.39 is 10.8 Å². The molecule has 0 fully saturated rings. The lowest BCUT2D eigenvalue weighted by atomic mass is 10.8. The van der Waals surface area contributed by atoms with Gasteiger partial charge in [-0.25, -0.2) is 0 Å². The summed E-state index contributed by atoms with van der Waals surface area (Å²) < 4.78 is 10.6. The summed E-state index contributed by atoms with van der Waals surface area (Å²) in [6.07, 6.45) is 0. The van der Waals surface area contributed by atoms with Crippen LogP contribution in [0.15, 0.2) is 0 Å². The van der Waals surface area contributed by atoms with Crippen LogP contribution in [-0.4, -0.2) is 29.3 Å². The third-order valence-corrected chi connectivity index (χ3v) is 2.21. The normalized spacial score (nSPS) is 13.8. The first-order valence-electron chi connectivity index (χ1n) is 2.80. The van der Waals surface area contributed by atoms with E-state index in [0.717, 1.165) is 18.1 Å². The van der Waals surface area contributed by atoms with E-state index in [4.69, 9.17) is 0 Å². The van der Waals surface area contributed by atoms with Crippen molar-refractivity contribution in [2.45, 2.75) is 6.92 Å². The number of rotatable bonds is 4. The second-order valence-electron chi connectivity index (χ2n) is 1.54. The third kappa shape index (κ3) is 4.27. The molecule has 0 spiro atoms. The molecule has 0 aliphatic carbocycles. The highest BCUT2D eigenvalue weighted by Gasteiger charge is 1.90. The van der Waals surface area contributed by atoms with Gasteiger partial charge in [-0.3, -0.25) is 4.21 Å². The van der Waals surface area contributed by atoms with Crippen molar-refractivity contribution in [2.24, 2.45) is 0 Å². The van der Waals surface area contributed by atoms with E-state index >= 15 is 0 Å². The second kappa shape index (κ2) is 5.25. The van der Waals surface area contributed by atoms with E-state index in [1.807, 2.05) is 14.0 Å². The lowest BCUT2D eigenvalue weighted by Crippen LogP contribution is -2.16. The predicted octanol–water partition coefficient (Wildman–Crippen LogP) is -0.0256. The maximum atomic E-state index is 10.6. The summed E-state index contributed by atoms with van der Waals surface area (Å²) in [7, 11) is 1.28. The van der Waals surface area contributed by atoms with Crippen molar-refractivity contribution in [1.29, 1.82) is 0 Å². The quantitative estimate of drug-likeness (QED) is 0.586. The van der Waals surface area contributed by atoms with Crippen molar-refractivity contribution in [3.8, 4) is 0 Å². The Morgan fingerprint density at radius 2 is 2.25 bits per heavy atom. The van der Waals surface area contributed by atoms with Crippen LogP contribution in [0.1, 0.15) is 6.92 Å². The lowest BCUT2D eigenvalue weighted by molar-refractivity contribution is 0.681. The Morgan fingerprint density at radius 1 is 1.62 bits per heavy atom. The monoisotopic (exact) mass is 135 g/mol. The minimum atomic E-state index is -0.589. The van der Waals surface area contributed by atoms with Gasteiger partial charge in [-0.05, 0) is 7.05 Å². The van der Waals surface area contributed by atoms with Gasteiger partial charge in [0.1, 0.15) is 0 Å². The maximum absolute atomic E-state index is 10.6. The molecule has 3 heteroatoms. The molecule has 0 aromatic rings. The second-order valence-corrected chi connectivity index (χ2v) is 3.40. The molecular weight excluding hydrogens is 122 g/mol.